The van der Waals surface area contributed by atoms with Gasteiger partial charge in [-0.1, -0.05) is 6.07 Å². The molecule has 0 bridgehead atoms. The summed E-state index contributed by atoms with van der Waals surface area (Å²) in [5.41, 5.74) is 0.322. The smallest absolute Gasteiger partial charge is 0.270 e. The Morgan fingerprint density at radius 1 is 1.56 bits per heavy atom. The molecule has 1 aromatic rings. The second-order valence-electron chi connectivity index (χ2n) is 4.41. The molecule has 1 atom stereocenters. The average molecular weight is 249 g/mol. The number of hydrogen-bond donors (Lipinski definition) is 1. The van der Waals surface area contributed by atoms with Gasteiger partial charge in [-0.15, -0.1) is 0 Å². The van der Waals surface area contributed by atoms with E-state index in [0.717, 1.165) is 6.54 Å². The maximum atomic E-state index is 12.2. The lowest BCUT2D eigenvalue weighted by molar-refractivity contribution is -0.384. The van der Waals surface area contributed by atoms with Gasteiger partial charge >= 0.3 is 0 Å². The van der Waals surface area contributed by atoms with E-state index in [9.17, 15) is 14.9 Å². The molecule has 1 N–H and O–H groups in total. The summed E-state index contributed by atoms with van der Waals surface area (Å²) in [6.07, 6.45) is 0. The van der Waals surface area contributed by atoms with Gasteiger partial charge in [0.1, 0.15) is 0 Å². The normalized spacial score (nSPS) is 19.6. The number of rotatable bonds is 2. The van der Waals surface area contributed by atoms with Gasteiger partial charge < -0.3 is 10.2 Å². The van der Waals surface area contributed by atoms with Crippen molar-refractivity contribution in [3.63, 3.8) is 0 Å². The molecule has 0 radical (unpaired) electrons. The molecule has 6 heteroatoms. The number of carbonyl (C=O) groups is 1. The van der Waals surface area contributed by atoms with Gasteiger partial charge in [0.05, 0.1) is 4.92 Å². The Labute approximate surface area is 105 Å². The Balaban J connectivity index is 2.17. The number of benzene rings is 1. The van der Waals surface area contributed by atoms with Crippen molar-refractivity contribution in [1.29, 1.82) is 0 Å². The van der Waals surface area contributed by atoms with Crippen LogP contribution in [-0.2, 0) is 0 Å². The molecular formula is C12H15N3O3. The highest BCUT2D eigenvalue weighted by Crippen LogP contribution is 2.15. The first-order chi connectivity index (χ1) is 8.58. The van der Waals surface area contributed by atoms with E-state index in [1.54, 1.807) is 11.0 Å². The summed E-state index contributed by atoms with van der Waals surface area (Å²) in [6.45, 7) is 4.02. The summed E-state index contributed by atoms with van der Waals surface area (Å²) in [5.74, 6) is -0.146. The van der Waals surface area contributed by atoms with Gasteiger partial charge in [-0.3, -0.25) is 14.9 Å². The number of nitro benzene ring substituents is 1. The van der Waals surface area contributed by atoms with E-state index >= 15 is 0 Å². The molecule has 1 fully saturated rings. The summed E-state index contributed by atoms with van der Waals surface area (Å²) in [7, 11) is 0. The molecule has 18 heavy (non-hydrogen) atoms. The molecule has 1 amide bonds. The molecule has 96 valence electrons. The number of hydrogen-bond acceptors (Lipinski definition) is 4. The van der Waals surface area contributed by atoms with Crippen molar-refractivity contribution in [1.82, 2.24) is 10.2 Å². The fraction of sp³-hybridized carbons (Fsp3) is 0.417. The van der Waals surface area contributed by atoms with E-state index in [2.05, 4.69) is 5.32 Å². The molecule has 0 aromatic heterocycles. The van der Waals surface area contributed by atoms with Crippen LogP contribution in [0.5, 0.6) is 0 Å². The molecule has 1 aromatic carbocycles. The first-order valence-corrected chi connectivity index (χ1v) is 5.85. The van der Waals surface area contributed by atoms with Crippen LogP contribution in [0.4, 0.5) is 5.69 Å². The Morgan fingerprint density at radius 2 is 2.33 bits per heavy atom. The van der Waals surface area contributed by atoms with E-state index in [1.165, 1.54) is 18.2 Å². The quantitative estimate of drug-likeness (QED) is 0.627. The van der Waals surface area contributed by atoms with Crippen molar-refractivity contribution >= 4 is 11.6 Å². The molecule has 1 aliphatic heterocycles. The third-order valence-corrected chi connectivity index (χ3v) is 2.96. The van der Waals surface area contributed by atoms with Gasteiger partial charge in [0.2, 0.25) is 0 Å². The Kier molecular flexibility index (Phi) is 3.57. The van der Waals surface area contributed by atoms with Gasteiger partial charge in [0, 0.05) is 43.4 Å². The van der Waals surface area contributed by atoms with Crippen molar-refractivity contribution in [2.24, 2.45) is 0 Å². The molecule has 0 aliphatic carbocycles. The first kappa shape index (κ1) is 12.5. The zero-order chi connectivity index (χ0) is 13.1. The number of carbonyl (C=O) groups excluding carboxylic acids is 1. The summed E-state index contributed by atoms with van der Waals surface area (Å²) >= 11 is 0. The van der Waals surface area contributed by atoms with Gasteiger partial charge in [0.25, 0.3) is 11.6 Å². The third-order valence-electron chi connectivity index (χ3n) is 2.96. The summed E-state index contributed by atoms with van der Waals surface area (Å²) in [4.78, 5) is 24.1. The van der Waals surface area contributed by atoms with E-state index in [1.807, 2.05) is 6.92 Å². The minimum absolute atomic E-state index is 0.0518. The SMILES string of the molecule is C[C@@H]1CN(C(=O)c2cccc([N+](=O)[O-])c2)CCN1. The number of non-ortho nitro benzene ring substituents is 1. The van der Waals surface area contributed by atoms with Crippen molar-refractivity contribution < 1.29 is 9.72 Å². The van der Waals surface area contributed by atoms with Crippen LogP contribution < -0.4 is 5.32 Å². The number of nitrogens with one attached hydrogen (secondary N) is 1. The molecular weight excluding hydrogens is 234 g/mol. The maximum absolute atomic E-state index is 12.2. The second-order valence-corrected chi connectivity index (χ2v) is 4.41. The van der Waals surface area contributed by atoms with Gasteiger partial charge in [-0.25, -0.2) is 0 Å². The lowest BCUT2D eigenvalue weighted by Crippen LogP contribution is -2.51. The minimum atomic E-state index is -0.489. The molecule has 0 saturated carbocycles. The average Bonchev–Trinajstić information content (AvgIpc) is 2.38. The Bertz CT molecular complexity index is 475. The Morgan fingerprint density at radius 3 is 3.00 bits per heavy atom. The topological polar surface area (TPSA) is 75.5 Å². The third kappa shape index (κ3) is 2.65. The molecule has 1 aliphatic rings. The Hall–Kier alpha value is -1.95. The van der Waals surface area contributed by atoms with Crippen LogP contribution in [-0.4, -0.2) is 41.4 Å². The van der Waals surface area contributed by atoms with Crippen LogP contribution in [0.2, 0.25) is 0 Å². The minimum Gasteiger partial charge on any atom is -0.336 e. The maximum Gasteiger partial charge on any atom is 0.270 e. The lowest BCUT2D eigenvalue weighted by atomic mass is 10.1. The second kappa shape index (κ2) is 5.14. The standard InChI is InChI=1S/C12H15N3O3/c1-9-8-14(6-5-13-9)12(16)10-3-2-4-11(7-10)15(17)18/h2-4,7,9,13H,5-6,8H2,1H3/t9-/m1/s1. The molecule has 0 spiro atoms. The van der Waals surface area contributed by atoms with Crippen LogP contribution in [0.3, 0.4) is 0 Å². The van der Waals surface area contributed by atoms with Crippen LogP contribution in [0.25, 0.3) is 0 Å². The predicted molar refractivity (Wildman–Crippen MR) is 66.5 cm³/mol. The van der Waals surface area contributed by atoms with Gasteiger partial charge in [-0.05, 0) is 13.0 Å². The van der Waals surface area contributed by atoms with Crippen molar-refractivity contribution in [2.45, 2.75) is 13.0 Å². The van der Waals surface area contributed by atoms with Crippen LogP contribution >= 0.6 is 0 Å². The summed E-state index contributed by atoms with van der Waals surface area (Å²) < 4.78 is 0. The highest BCUT2D eigenvalue weighted by Gasteiger charge is 2.22. The van der Waals surface area contributed by atoms with Crippen molar-refractivity contribution in [3.05, 3.63) is 39.9 Å². The van der Waals surface area contributed by atoms with Crippen molar-refractivity contribution in [2.75, 3.05) is 19.6 Å². The summed E-state index contributed by atoms with van der Waals surface area (Å²) in [5, 5.41) is 13.9. The highest BCUT2D eigenvalue weighted by molar-refractivity contribution is 5.94. The zero-order valence-electron chi connectivity index (χ0n) is 10.1. The van der Waals surface area contributed by atoms with Gasteiger partial charge in [-0.2, -0.15) is 0 Å². The fourth-order valence-electron chi connectivity index (χ4n) is 2.05. The largest absolute Gasteiger partial charge is 0.336 e. The molecule has 0 unspecified atom stereocenters. The zero-order valence-corrected chi connectivity index (χ0v) is 10.1. The monoisotopic (exact) mass is 249 g/mol. The molecule has 2 rings (SSSR count). The first-order valence-electron chi connectivity index (χ1n) is 5.85. The predicted octanol–water partition coefficient (Wildman–Crippen LogP) is 1.03. The van der Waals surface area contributed by atoms with E-state index in [0.29, 0.717) is 18.7 Å². The van der Waals surface area contributed by atoms with Gasteiger partial charge in [0.15, 0.2) is 0 Å². The molecule has 6 nitrogen and oxygen atoms in total. The van der Waals surface area contributed by atoms with E-state index < -0.39 is 4.92 Å². The number of nitrogens with zero attached hydrogens (tertiary/aromatic N) is 2. The van der Waals surface area contributed by atoms with E-state index in [-0.39, 0.29) is 17.6 Å². The highest BCUT2D eigenvalue weighted by atomic mass is 16.6. The summed E-state index contributed by atoms with van der Waals surface area (Å²) in [6, 6.07) is 6.12. The number of amides is 1. The number of nitro groups is 1. The van der Waals surface area contributed by atoms with Crippen LogP contribution in [0.15, 0.2) is 24.3 Å². The number of piperazine rings is 1. The fourth-order valence-corrected chi connectivity index (χ4v) is 2.05. The lowest BCUT2D eigenvalue weighted by Gasteiger charge is -2.31. The molecule has 1 saturated heterocycles. The van der Waals surface area contributed by atoms with Crippen LogP contribution in [0.1, 0.15) is 17.3 Å². The molecule has 1 heterocycles. The van der Waals surface area contributed by atoms with Crippen LogP contribution in [0, 0.1) is 10.1 Å². The van der Waals surface area contributed by atoms with E-state index in [4.69, 9.17) is 0 Å². The van der Waals surface area contributed by atoms with Crippen molar-refractivity contribution in [3.8, 4) is 0 Å².